The second-order valence-corrected chi connectivity index (χ2v) is 6.45. The second-order valence-electron chi connectivity index (χ2n) is 5.08. The Morgan fingerprint density at radius 3 is 2.44 bits per heavy atom. The molecule has 1 aromatic rings. The van der Waals surface area contributed by atoms with Gasteiger partial charge in [0.15, 0.2) is 11.6 Å². The molecule has 0 bridgehead atoms. The zero-order valence-electron chi connectivity index (χ0n) is 10.3. The van der Waals surface area contributed by atoms with Crippen LogP contribution < -0.4 is 0 Å². The van der Waals surface area contributed by atoms with Crippen LogP contribution in [-0.4, -0.2) is 11.5 Å². The van der Waals surface area contributed by atoms with Crippen molar-refractivity contribution in [2.24, 2.45) is 5.41 Å². The summed E-state index contributed by atoms with van der Waals surface area (Å²) in [5, 5.41) is 0. The first-order chi connectivity index (χ1) is 8.65. The predicted molar refractivity (Wildman–Crippen MR) is 76.5 cm³/mol. The monoisotopic (exact) mass is 288 g/mol. The lowest BCUT2D eigenvalue weighted by atomic mass is 9.77. The number of halogens is 2. The van der Waals surface area contributed by atoms with Gasteiger partial charge in [-0.3, -0.25) is 0 Å². The maximum atomic E-state index is 13.1. The van der Waals surface area contributed by atoms with Gasteiger partial charge in [-0.2, -0.15) is 12.6 Å². The molecule has 0 amide bonds. The maximum Gasteiger partial charge on any atom is 0.159 e. The summed E-state index contributed by atoms with van der Waals surface area (Å²) in [5.41, 5.74) is 0.275. The molecule has 0 spiro atoms. The van der Waals surface area contributed by atoms with Crippen molar-refractivity contribution in [2.75, 3.05) is 11.5 Å². The summed E-state index contributed by atoms with van der Waals surface area (Å²) in [6, 6.07) is 4.14. The van der Waals surface area contributed by atoms with E-state index in [-0.39, 0.29) is 5.41 Å². The van der Waals surface area contributed by atoms with Crippen molar-refractivity contribution in [3.05, 3.63) is 29.8 Å². The van der Waals surface area contributed by atoms with E-state index in [2.05, 4.69) is 12.6 Å². The summed E-state index contributed by atoms with van der Waals surface area (Å²) in [6.07, 6.45) is 6.24. The van der Waals surface area contributed by atoms with Gasteiger partial charge >= 0.3 is 0 Å². The van der Waals surface area contributed by atoms with Crippen molar-refractivity contribution >= 4 is 24.4 Å². The molecule has 0 aliphatic heterocycles. The van der Waals surface area contributed by atoms with E-state index in [0.29, 0.717) is 0 Å². The zero-order valence-corrected chi connectivity index (χ0v) is 12.0. The molecular weight excluding hydrogens is 270 g/mol. The van der Waals surface area contributed by atoms with E-state index < -0.39 is 11.6 Å². The number of thioether (sulfide) groups is 1. The van der Waals surface area contributed by atoms with Crippen LogP contribution in [0.1, 0.15) is 32.1 Å². The number of hydrogen-bond donors (Lipinski definition) is 1. The molecule has 1 saturated carbocycles. The van der Waals surface area contributed by atoms with Crippen LogP contribution in [0.5, 0.6) is 0 Å². The molecule has 1 aliphatic carbocycles. The summed E-state index contributed by atoms with van der Waals surface area (Å²) in [5.74, 6) is 0.287. The van der Waals surface area contributed by atoms with Gasteiger partial charge in [0.1, 0.15) is 0 Å². The Kier molecular flexibility index (Phi) is 4.96. The van der Waals surface area contributed by atoms with Crippen molar-refractivity contribution in [3.63, 3.8) is 0 Å². The molecule has 18 heavy (non-hydrogen) atoms. The van der Waals surface area contributed by atoms with Gasteiger partial charge in [-0.25, -0.2) is 8.78 Å². The van der Waals surface area contributed by atoms with Crippen LogP contribution in [0.2, 0.25) is 0 Å². The van der Waals surface area contributed by atoms with Crippen molar-refractivity contribution in [2.45, 2.75) is 37.0 Å². The molecule has 100 valence electrons. The lowest BCUT2D eigenvalue weighted by Gasteiger charge is -2.35. The Balaban J connectivity index is 1.98. The Hall–Kier alpha value is -0.220. The topological polar surface area (TPSA) is 0 Å². The van der Waals surface area contributed by atoms with Gasteiger partial charge in [0, 0.05) is 10.6 Å². The van der Waals surface area contributed by atoms with Gasteiger partial charge < -0.3 is 0 Å². The fourth-order valence-corrected chi connectivity index (χ4v) is 4.25. The van der Waals surface area contributed by atoms with Crippen LogP contribution in [0.25, 0.3) is 0 Å². The third-order valence-electron chi connectivity index (χ3n) is 3.69. The highest BCUT2D eigenvalue weighted by molar-refractivity contribution is 7.99. The highest BCUT2D eigenvalue weighted by atomic mass is 32.2. The minimum atomic E-state index is -0.777. The molecule has 0 atom stereocenters. The number of hydrogen-bond acceptors (Lipinski definition) is 2. The number of rotatable bonds is 4. The Morgan fingerprint density at radius 2 is 1.83 bits per heavy atom. The fraction of sp³-hybridized carbons (Fsp3) is 0.571. The third-order valence-corrected chi connectivity index (χ3v) is 5.70. The Labute approximate surface area is 117 Å². The first-order valence-electron chi connectivity index (χ1n) is 6.34. The van der Waals surface area contributed by atoms with Crippen molar-refractivity contribution in [1.29, 1.82) is 0 Å². The second kappa shape index (κ2) is 6.29. The van der Waals surface area contributed by atoms with Crippen LogP contribution in [-0.2, 0) is 0 Å². The molecule has 0 nitrogen and oxygen atoms in total. The van der Waals surface area contributed by atoms with Crippen LogP contribution in [0.15, 0.2) is 23.1 Å². The summed E-state index contributed by atoms with van der Waals surface area (Å²) >= 11 is 6.10. The van der Waals surface area contributed by atoms with Crippen LogP contribution in [0, 0.1) is 17.0 Å². The van der Waals surface area contributed by atoms with E-state index in [1.165, 1.54) is 44.2 Å². The first-order valence-corrected chi connectivity index (χ1v) is 7.96. The van der Waals surface area contributed by atoms with E-state index in [4.69, 9.17) is 0 Å². The minimum absolute atomic E-state index is 0.275. The highest BCUT2D eigenvalue weighted by Crippen LogP contribution is 2.41. The van der Waals surface area contributed by atoms with Crippen LogP contribution in [0.4, 0.5) is 8.78 Å². The van der Waals surface area contributed by atoms with Gasteiger partial charge in [-0.05, 0) is 42.2 Å². The SMILES string of the molecule is Fc1ccc(SCC2(CS)CCCCC2)cc1F. The van der Waals surface area contributed by atoms with Gasteiger partial charge in [-0.15, -0.1) is 11.8 Å². The summed E-state index contributed by atoms with van der Waals surface area (Å²) in [4.78, 5) is 0.806. The zero-order chi connectivity index (χ0) is 13.0. The minimum Gasteiger partial charge on any atom is -0.204 e. The van der Waals surface area contributed by atoms with Gasteiger partial charge in [0.25, 0.3) is 0 Å². The first kappa shape index (κ1) is 14.2. The highest BCUT2D eigenvalue weighted by Gasteiger charge is 2.30. The number of benzene rings is 1. The Bertz CT molecular complexity index is 401. The van der Waals surface area contributed by atoms with E-state index in [1.807, 2.05) is 0 Å². The fourth-order valence-electron chi connectivity index (χ4n) is 2.45. The molecule has 2 rings (SSSR count). The molecule has 1 aliphatic rings. The average molecular weight is 288 g/mol. The van der Waals surface area contributed by atoms with E-state index >= 15 is 0 Å². The van der Waals surface area contributed by atoms with Crippen molar-refractivity contribution in [3.8, 4) is 0 Å². The van der Waals surface area contributed by atoms with E-state index in [9.17, 15) is 8.78 Å². The molecule has 4 heteroatoms. The molecule has 0 saturated heterocycles. The van der Waals surface area contributed by atoms with Gasteiger partial charge in [0.2, 0.25) is 0 Å². The molecule has 1 aromatic carbocycles. The molecule has 0 N–H and O–H groups in total. The molecule has 0 unspecified atom stereocenters. The summed E-state index contributed by atoms with van der Waals surface area (Å²) in [7, 11) is 0. The smallest absolute Gasteiger partial charge is 0.159 e. The van der Waals surface area contributed by atoms with Gasteiger partial charge in [-0.1, -0.05) is 19.3 Å². The summed E-state index contributed by atoms with van der Waals surface area (Å²) < 4.78 is 26.0. The summed E-state index contributed by atoms with van der Waals surface area (Å²) in [6.45, 7) is 0. The average Bonchev–Trinajstić information content (AvgIpc) is 2.41. The number of thiol groups is 1. The molecular formula is C14H18F2S2. The molecule has 0 aromatic heterocycles. The van der Waals surface area contributed by atoms with Crippen molar-refractivity contribution in [1.82, 2.24) is 0 Å². The van der Waals surface area contributed by atoms with Gasteiger partial charge in [0.05, 0.1) is 0 Å². The standard InChI is InChI=1S/C14H18F2S2/c15-12-5-4-11(8-13(12)16)18-10-14(9-17)6-2-1-3-7-14/h4-5,8,17H,1-3,6-7,9-10H2. The normalized spacial score (nSPS) is 18.8. The molecule has 1 fully saturated rings. The molecule has 0 radical (unpaired) electrons. The van der Waals surface area contributed by atoms with E-state index in [0.717, 1.165) is 16.4 Å². The Morgan fingerprint density at radius 1 is 1.11 bits per heavy atom. The van der Waals surface area contributed by atoms with Crippen LogP contribution >= 0.6 is 24.4 Å². The third kappa shape index (κ3) is 3.41. The lowest BCUT2D eigenvalue weighted by molar-refractivity contribution is 0.259. The van der Waals surface area contributed by atoms with Crippen LogP contribution in [0.3, 0.4) is 0 Å². The quantitative estimate of drug-likeness (QED) is 0.605. The van der Waals surface area contributed by atoms with E-state index in [1.54, 1.807) is 17.8 Å². The largest absolute Gasteiger partial charge is 0.204 e. The lowest BCUT2D eigenvalue weighted by Crippen LogP contribution is -2.28. The van der Waals surface area contributed by atoms with Crippen molar-refractivity contribution < 1.29 is 8.78 Å². The maximum absolute atomic E-state index is 13.1. The molecule has 0 heterocycles. The predicted octanol–water partition coefficient (Wildman–Crippen LogP) is 4.94.